The van der Waals surface area contributed by atoms with E-state index in [0.717, 1.165) is 5.56 Å². The number of hydrogen-bond acceptors (Lipinski definition) is 5. The predicted molar refractivity (Wildman–Crippen MR) is 112 cm³/mol. The molecule has 1 aliphatic rings. The van der Waals surface area contributed by atoms with Crippen LogP contribution in [0.3, 0.4) is 0 Å². The Bertz CT molecular complexity index is 1370. The van der Waals surface area contributed by atoms with Gasteiger partial charge in [0.1, 0.15) is 0 Å². The van der Waals surface area contributed by atoms with Crippen molar-refractivity contribution in [2.45, 2.75) is 0 Å². The molecule has 2 heterocycles. The van der Waals surface area contributed by atoms with Crippen LogP contribution in [0.1, 0.15) is 15.9 Å². The van der Waals surface area contributed by atoms with E-state index in [4.69, 9.17) is 4.74 Å². The van der Waals surface area contributed by atoms with Crippen LogP contribution in [0.2, 0.25) is 0 Å². The molecule has 0 aliphatic heterocycles. The van der Waals surface area contributed by atoms with Crippen LogP contribution in [0.15, 0.2) is 41.2 Å². The average Bonchev–Trinajstić information content (AvgIpc) is 3.21. The minimum Gasteiger partial charge on any atom is -0.504 e. The second-order valence-corrected chi connectivity index (χ2v) is 7.56. The largest absolute Gasteiger partial charge is 0.504 e. The number of aromatic nitrogens is 3. The lowest BCUT2D eigenvalue weighted by molar-refractivity contribution is 0.104. The normalized spacial score (nSPS) is 12.3. The number of aromatic hydroxyl groups is 1. The topological polar surface area (TPSA) is 108 Å². The van der Waals surface area contributed by atoms with Gasteiger partial charge in [-0.25, -0.2) is 4.98 Å². The van der Waals surface area contributed by atoms with Crippen molar-refractivity contribution >= 4 is 39.4 Å². The SMILES string of the molecule is COc1cc(-c2c3c(nc4[nH][nH]c(=O)c24)-c2ccccc2C3=O)cc(I)c1O. The monoisotopic (exact) mass is 485 g/mol. The quantitative estimate of drug-likeness (QED) is 0.332. The van der Waals surface area contributed by atoms with E-state index in [2.05, 4.69) is 15.2 Å². The second-order valence-electron chi connectivity index (χ2n) is 6.40. The van der Waals surface area contributed by atoms with Gasteiger partial charge < -0.3 is 9.84 Å². The number of phenolic OH excluding ortho intramolecular Hbond substituents is 1. The number of halogens is 1. The molecule has 1 aliphatic carbocycles. The lowest BCUT2D eigenvalue weighted by Crippen LogP contribution is -2.05. The van der Waals surface area contributed by atoms with Crippen molar-refractivity contribution < 1.29 is 14.6 Å². The minimum absolute atomic E-state index is 0.00591. The highest BCUT2D eigenvalue weighted by Gasteiger charge is 2.33. The Morgan fingerprint density at radius 1 is 1.07 bits per heavy atom. The number of hydrogen-bond donors (Lipinski definition) is 3. The van der Waals surface area contributed by atoms with E-state index in [-0.39, 0.29) is 22.8 Å². The standard InChI is InChI=1S/C20H12IN3O4/c1-28-12-7-8(6-11(21)18(12)26)13-14-16(22-19-15(13)20(27)24-23-19)9-4-2-3-5-10(9)17(14)25/h2-7,26H,1H3,(H2,22,23,24,27). The molecule has 0 saturated heterocycles. The first-order chi connectivity index (χ1) is 13.5. The van der Waals surface area contributed by atoms with Gasteiger partial charge in [-0.3, -0.25) is 19.8 Å². The summed E-state index contributed by atoms with van der Waals surface area (Å²) in [5.74, 6) is 0.0829. The van der Waals surface area contributed by atoms with E-state index in [1.807, 2.05) is 34.7 Å². The number of pyridine rings is 1. The van der Waals surface area contributed by atoms with Crippen molar-refractivity contribution in [3.05, 3.63) is 61.4 Å². The van der Waals surface area contributed by atoms with Crippen LogP contribution in [0, 0.1) is 3.57 Å². The number of fused-ring (bicyclic) bond motifs is 4. The van der Waals surface area contributed by atoms with Gasteiger partial charge in [0.2, 0.25) is 0 Å². The van der Waals surface area contributed by atoms with Crippen LogP contribution in [-0.4, -0.2) is 33.2 Å². The Balaban J connectivity index is 1.96. The molecule has 0 amide bonds. The van der Waals surface area contributed by atoms with Crippen molar-refractivity contribution in [1.29, 1.82) is 0 Å². The van der Waals surface area contributed by atoms with Gasteiger partial charge in [-0.1, -0.05) is 24.3 Å². The Morgan fingerprint density at radius 2 is 1.82 bits per heavy atom. The van der Waals surface area contributed by atoms with Crippen LogP contribution in [0.25, 0.3) is 33.4 Å². The zero-order valence-electron chi connectivity index (χ0n) is 14.5. The molecule has 3 N–H and O–H groups in total. The molecule has 0 saturated carbocycles. The number of carbonyl (C=O) groups excluding carboxylic acids is 1. The van der Waals surface area contributed by atoms with Crippen LogP contribution in [0.4, 0.5) is 0 Å². The minimum atomic E-state index is -0.369. The fourth-order valence-electron chi connectivity index (χ4n) is 3.68. The number of carbonyl (C=O) groups is 1. The highest BCUT2D eigenvalue weighted by molar-refractivity contribution is 14.1. The summed E-state index contributed by atoms with van der Waals surface area (Å²) in [6.07, 6.45) is 0. The average molecular weight is 485 g/mol. The van der Waals surface area contributed by atoms with Crippen molar-refractivity contribution in [3.8, 4) is 33.9 Å². The maximum absolute atomic E-state index is 13.2. The van der Waals surface area contributed by atoms with Crippen molar-refractivity contribution in [1.82, 2.24) is 15.2 Å². The Labute approximate surface area is 171 Å². The van der Waals surface area contributed by atoms with Crippen LogP contribution in [-0.2, 0) is 0 Å². The number of H-pyrrole nitrogens is 2. The molecule has 0 unspecified atom stereocenters. The third kappa shape index (κ3) is 2.18. The lowest BCUT2D eigenvalue weighted by atomic mass is 9.95. The highest BCUT2D eigenvalue weighted by atomic mass is 127. The number of benzene rings is 2. The van der Waals surface area contributed by atoms with E-state index >= 15 is 0 Å². The van der Waals surface area contributed by atoms with E-state index in [9.17, 15) is 14.7 Å². The van der Waals surface area contributed by atoms with E-state index < -0.39 is 0 Å². The molecule has 2 aromatic carbocycles. The van der Waals surface area contributed by atoms with E-state index in [1.54, 1.807) is 24.3 Å². The predicted octanol–water partition coefficient (Wildman–Crippen LogP) is 3.45. The number of methoxy groups -OCH3 is 1. The summed E-state index contributed by atoms with van der Waals surface area (Å²) in [5.41, 5.74) is 3.25. The molecule has 0 radical (unpaired) electrons. The summed E-state index contributed by atoms with van der Waals surface area (Å²) in [5, 5.41) is 15.8. The summed E-state index contributed by atoms with van der Waals surface area (Å²) in [4.78, 5) is 30.3. The highest BCUT2D eigenvalue weighted by Crippen LogP contribution is 2.45. The number of nitrogens with one attached hydrogen (secondary N) is 2. The fraction of sp³-hybridized carbons (Fsp3) is 0.0500. The molecule has 0 fully saturated rings. The summed E-state index contributed by atoms with van der Waals surface area (Å²) < 4.78 is 5.81. The van der Waals surface area contributed by atoms with Crippen molar-refractivity contribution in [2.75, 3.05) is 7.11 Å². The molecule has 2 aromatic heterocycles. The Hall–Kier alpha value is -3.14. The van der Waals surface area contributed by atoms with E-state index in [0.29, 0.717) is 42.6 Å². The van der Waals surface area contributed by atoms with Gasteiger partial charge in [-0.15, -0.1) is 0 Å². The van der Waals surface area contributed by atoms with Crippen LogP contribution in [0.5, 0.6) is 11.5 Å². The lowest BCUT2D eigenvalue weighted by Gasteiger charge is -2.12. The van der Waals surface area contributed by atoms with Gasteiger partial charge in [0.25, 0.3) is 5.56 Å². The summed E-state index contributed by atoms with van der Waals surface area (Å²) in [6.45, 7) is 0. The zero-order valence-corrected chi connectivity index (χ0v) is 16.6. The van der Waals surface area contributed by atoms with Gasteiger partial charge in [-0.05, 0) is 40.3 Å². The summed E-state index contributed by atoms with van der Waals surface area (Å²) in [7, 11) is 1.45. The van der Waals surface area contributed by atoms with Gasteiger partial charge in [-0.2, -0.15) is 0 Å². The molecular formula is C20H12IN3O4. The molecule has 4 aromatic rings. The molecule has 5 rings (SSSR count). The molecule has 8 heteroatoms. The van der Waals surface area contributed by atoms with Crippen molar-refractivity contribution in [3.63, 3.8) is 0 Å². The maximum atomic E-state index is 13.2. The van der Waals surface area contributed by atoms with Gasteiger partial charge in [0.05, 0.1) is 27.3 Å². The Morgan fingerprint density at radius 3 is 2.57 bits per heavy atom. The van der Waals surface area contributed by atoms with Crippen molar-refractivity contribution in [2.24, 2.45) is 0 Å². The number of phenols is 1. The summed E-state index contributed by atoms with van der Waals surface area (Å²) >= 11 is 1.99. The van der Waals surface area contributed by atoms with Gasteiger partial charge >= 0.3 is 0 Å². The van der Waals surface area contributed by atoms with E-state index in [1.165, 1.54) is 7.11 Å². The zero-order chi connectivity index (χ0) is 19.6. The number of nitrogens with zero attached hydrogens (tertiary/aromatic N) is 1. The smallest absolute Gasteiger partial charge is 0.274 e. The van der Waals surface area contributed by atoms with Crippen LogP contribution < -0.4 is 10.3 Å². The fourth-order valence-corrected chi connectivity index (χ4v) is 4.28. The van der Waals surface area contributed by atoms with Gasteiger partial charge in [0.15, 0.2) is 22.9 Å². The molecule has 0 bridgehead atoms. The summed E-state index contributed by atoms with van der Waals surface area (Å²) in [6, 6.07) is 10.6. The number of rotatable bonds is 2. The van der Waals surface area contributed by atoms with Crippen LogP contribution >= 0.6 is 22.6 Å². The first kappa shape index (κ1) is 17.0. The molecule has 7 nitrogen and oxygen atoms in total. The first-order valence-electron chi connectivity index (χ1n) is 8.36. The second kappa shape index (κ2) is 5.93. The van der Waals surface area contributed by atoms with Gasteiger partial charge in [0, 0.05) is 16.7 Å². The Kier molecular flexibility index (Phi) is 3.60. The first-order valence-corrected chi connectivity index (χ1v) is 9.44. The number of ketones is 1. The molecule has 0 atom stereocenters. The maximum Gasteiger partial charge on any atom is 0.274 e. The number of ether oxygens (including phenoxy) is 1. The molecule has 28 heavy (non-hydrogen) atoms. The third-order valence-corrected chi connectivity index (χ3v) is 5.73. The third-order valence-electron chi connectivity index (χ3n) is 4.91. The molecular weight excluding hydrogens is 473 g/mol. The molecule has 138 valence electrons. The molecule has 0 spiro atoms. The number of aromatic amines is 2.